The van der Waals surface area contributed by atoms with Crippen LogP contribution in [0.1, 0.15) is 17.4 Å². The van der Waals surface area contributed by atoms with Gasteiger partial charge in [0, 0.05) is 10.9 Å². The van der Waals surface area contributed by atoms with Crippen LogP contribution in [0.2, 0.25) is 4.34 Å². The summed E-state index contributed by atoms with van der Waals surface area (Å²) in [7, 11) is 0. The van der Waals surface area contributed by atoms with E-state index in [2.05, 4.69) is 12.1 Å². The highest BCUT2D eigenvalue weighted by Gasteiger charge is 2.01. The van der Waals surface area contributed by atoms with E-state index >= 15 is 0 Å². The molecule has 18 heavy (non-hydrogen) atoms. The monoisotopic (exact) mass is 281 g/mol. The first-order chi connectivity index (χ1) is 8.63. The first-order valence-electron chi connectivity index (χ1n) is 5.85. The van der Waals surface area contributed by atoms with E-state index in [4.69, 9.17) is 22.1 Å². The molecule has 0 saturated carbocycles. The Morgan fingerprint density at radius 2 is 1.94 bits per heavy atom. The predicted octanol–water partition coefficient (Wildman–Crippen LogP) is 3.87. The smallest absolute Gasteiger partial charge is 0.122 e. The molecule has 1 aromatic carbocycles. The van der Waals surface area contributed by atoms with Crippen LogP contribution < -0.4 is 10.5 Å². The number of hydrogen-bond acceptors (Lipinski definition) is 3. The molecule has 1 aromatic heterocycles. The molecule has 1 atom stereocenters. The molecule has 2 aromatic rings. The van der Waals surface area contributed by atoms with Crippen molar-refractivity contribution in [1.29, 1.82) is 0 Å². The van der Waals surface area contributed by atoms with Gasteiger partial charge in [-0.3, -0.25) is 0 Å². The Kier molecular flexibility index (Phi) is 4.64. The average Bonchev–Trinajstić information content (AvgIpc) is 2.74. The molecule has 0 radical (unpaired) electrons. The second-order valence-electron chi connectivity index (χ2n) is 4.32. The van der Waals surface area contributed by atoms with Crippen molar-refractivity contribution in [2.45, 2.75) is 26.0 Å². The number of benzene rings is 1. The highest BCUT2D eigenvalue weighted by Crippen LogP contribution is 2.23. The van der Waals surface area contributed by atoms with Gasteiger partial charge in [-0.2, -0.15) is 0 Å². The molecule has 0 saturated heterocycles. The van der Waals surface area contributed by atoms with Gasteiger partial charge in [0.25, 0.3) is 0 Å². The highest BCUT2D eigenvalue weighted by atomic mass is 35.5. The zero-order valence-corrected chi connectivity index (χ0v) is 11.8. The largest absolute Gasteiger partial charge is 0.488 e. The van der Waals surface area contributed by atoms with Crippen molar-refractivity contribution in [1.82, 2.24) is 0 Å². The minimum atomic E-state index is 0.185. The van der Waals surface area contributed by atoms with E-state index in [1.165, 1.54) is 5.56 Å². The van der Waals surface area contributed by atoms with Crippen molar-refractivity contribution in [3.63, 3.8) is 0 Å². The lowest BCUT2D eigenvalue weighted by atomic mass is 10.1. The highest BCUT2D eigenvalue weighted by molar-refractivity contribution is 7.16. The zero-order valence-electron chi connectivity index (χ0n) is 10.2. The molecule has 0 aliphatic carbocycles. The Hall–Kier alpha value is -1.03. The van der Waals surface area contributed by atoms with Crippen LogP contribution in [0.3, 0.4) is 0 Å². The Bertz CT molecular complexity index is 493. The van der Waals surface area contributed by atoms with Crippen LogP contribution in [0.4, 0.5) is 0 Å². The molecule has 0 aliphatic rings. The number of halogens is 1. The maximum atomic E-state index is 5.86. The van der Waals surface area contributed by atoms with Gasteiger partial charge in [0.2, 0.25) is 0 Å². The molecule has 0 amide bonds. The molecule has 0 spiro atoms. The molecule has 2 nitrogen and oxygen atoms in total. The van der Waals surface area contributed by atoms with Gasteiger partial charge >= 0.3 is 0 Å². The molecule has 1 unspecified atom stereocenters. The Morgan fingerprint density at radius 1 is 1.22 bits per heavy atom. The van der Waals surface area contributed by atoms with E-state index in [1.807, 2.05) is 31.2 Å². The summed E-state index contributed by atoms with van der Waals surface area (Å²) in [5.41, 5.74) is 6.99. The van der Waals surface area contributed by atoms with E-state index in [9.17, 15) is 0 Å². The van der Waals surface area contributed by atoms with Crippen LogP contribution in [0.15, 0.2) is 36.4 Å². The second-order valence-corrected chi connectivity index (χ2v) is 6.12. The fourth-order valence-corrected chi connectivity index (χ4v) is 2.68. The first-order valence-corrected chi connectivity index (χ1v) is 7.04. The van der Waals surface area contributed by atoms with Crippen molar-refractivity contribution in [2.24, 2.45) is 5.73 Å². The van der Waals surface area contributed by atoms with Gasteiger partial charge in [-0.25, -0.2) is 0 Å². The maximum absolute atomic E-state index is 5.86. The lowest BCUT2D eigenvalue weighted by Gasteiger charge is -2.07. The van der Waals surface area contributed by atoms with Gasteiger partial charge in [-0.1, -0.05) is 23.7 Å². The third-order valence-electron chi connectivity index (χ3n) is 2.49. The van der Waals surface area contributed by atoms with Crippen LogP contribution in [0.25, 0.3) is 0 Å². The summed E-state index contributed by atoms with van der Waals surface area (Å²) >= 11 is 7.40. The molecule has 2 rings (SSSR count). The van der Waals surface area contributed by atoms with Gasteiger partial charge in [0.1, 0.15) is 12.4 Å². The van der Waals surface area contributed by atoms with E-state index in [-0.39, 0.29) is 6.04 Å². The molecule has 1 heterocycles. The number of hydrogen-bond donors (Lipinski definition) is 1. The fraction of sp³-hybridized carbons (Fsp3) is 0.286. The Morgan fingerprint density at radius 3 is 2.50 bits per heavy atom. The molecule has 0 aliphatic heterocycles. The Labute approximate surface area is 116 Å². The SMILES string of the molecule is CC(N)Cc1ccc(OCc2ccc(Cl)s2)cc1. The fourth-order valence-electron chi connectivity index (χ4n) is 1.68. The lowest BCUT2D eigenvalue weighted by Crippen LogP contribution is -2.17. The van der Waals surface area contributed by atoms with Crippen LogP contribution in [0.5, 0.6) is 5.75 Å². The van der Waals surface area contributed by atoms with Crippen LogP contribution in [-0.2, 0) is 13.0 Å². The minimum Gasteiger partial charge on any atom is -0.488 e. The van der Waals surface area contributed by atoms with Gasteiger partial charge < -0.3 is 10.5 Å². The summed E-state index contributed by atoms with van der Waals surface area (Å²) in [5.74, 6) is 0.868. The molecule has 4 heteroatoms. The number of thiophene rings is 1. The summed E-state index contributed by atoms with van der Waals surface area (Å²) in [4.78, 5) is 1.12. The summed E-state index contributed by atoms with van der Waals surface area (Å²) in [6.45, 7) is 2.56. The third kappa shape index (κ3) is 4.02. The van der Waals surface area contributed by atoms with Gasteiger partial charge in [-0.05, 0) is 43.2 Å². The zero-order chi connectivity index (χ0) is 13.0. The van der Waals surface area contributed by atoms with Crippen LogP contribution >= 0.6 is 22.9 Å². The van der Waals surface area contributed by atoms with Crippen molar-refractivity contribution in [2.75, 3.05) is 0 Å². The van der Waals surface area contributed by atoms with Crippen LogP contribution in [0, 0.1) is 0 Å². The number of rotatable bonds is 5. The molecule has 0 fully saturated rings. The lowest BCUT2D eigenvalue weighted by molar-refractivity contribution is 0.309. The average molecular weight is 282 g/mol. The first kappa shape index (κ1) is 13.4. The molecule has 96 valence electrons. The minimum absolute atomic E-state index is 0.185. The van der Waals surface area contributed by atoms with Crippen LogP contribution in [-0.4, -0.2) is 6.04 Å². The summed E-state index contributed by atoms with van der Waals surface area (Å²) < 4.78 is 6.48. The third-order valence-corrected chi connectivity index (χ3v) is 3.70. The van der Waals surface area contributed by atoms with E-state index in [0.717, 1.165) is 21.4 Å². The molecular weight excluding hydrogens is 266 g/mol. The van der Waals surface area contributed by atoms with E-state index in [1.54, 1.807) is 11.3 Å². The molecular formula is C14H16ClNOS. The number of nitrogens with two attached hydrogens (primary N) is 1. The molecule has 2 N–H and O–H groups in total. The van der Waals surface area contributed by atoms with E-state index < -0.39 is 0 Å². The van der Waals surface area contributed by atoms with Crippen molar-refractivity contribution < 1.29 is 4.74 Å². The van der Waals surface area contributed by atoms with Crippen molar-refractivity contribution >= 4 is 22.9 Å². The molecule has 0 bridgehead atoms. The quantitative estimate of drug-likeness (QED) is 0.903. The van der Waals surface area contributed by atoms with Gasteiger partial charge in [0.15, 0.2) is 0 Å². The van der Waals surface area contributed by atoms with Crippen molar-refractivity contribution in [3.8, 4) is 5.75 Å². The summed E-state index contributed by atoms with van der Waals surface area (Å²) in [6.07, 6.45) is 0.890. The van der Waals surface area contributed by atoms with Gasteiger partial charge in [0.05, 0.1) is 4.34 Å². The standard InChI is InChI=1S/C14H16ClNOS/c1-10(16)8-11-2-4-12(5-3-11)17-9-13-6-7-14(15)18-13/h2-7,10H,8-9,16H2,1H3. The second kappa shape index (κ2) is 6.23. The topological polar surface area (TPSA) is 35.2 Å². The number of ether oxygens (including phenoxy) is 1. The maximum Gasteiger partial charge on any atom is 0.122 e. The summed E-state index contributed by atoms with van der Waals surface area (Å²) in [6, 6.07) is 12.1. The van der Waals surface area contributed by atoms with Gasteiger partial charge in [-0.15, -0.1) is 11.3 Å². The van der Waals surface area contributed by atoms with E-state index in [0.29, 0.717) is 6.61 Å². The normalized spacial score (nSPS) is 12.4. The van der Waals surface area contributed by atoms with Crippen molar-refractivity contribution in [3.05, 3.63) is 51.2 Å². The predicted molar refractivity (Wildman–Crippen MR) is 77.5 cm³/mol. The Balaban J connectivity index is 1.90. The summed E-state index contributed by atoms with van der Waals surface area (Å²) in [5, 5.41) is 0.